The summed E-state index contributed by atoms with van der Waals surface area (Å²) in [6.45, 7) is 0.275. The zero-order chi connectivity index (χ0) is 12.9. The number of hydrogen-bond donors (Lipinski definition) is 4. The molecule has 4 N–H and O–H groups in total. The van der Waals surface area contributed by atoms with Crippen molar-refractivity contribution in [2.45, 2.75) is 30.1 Å². The van der Waals surface area contributed by atoms with Gasteiger partial charge >= 0.3 is 12.0 Å². The van der Waals surface area contributed by atoms with Crippen LogP contribution in [0.1, 0.15) is 19.3 Å². The molecule has 1 aliphatic rings. The highest BCUT2D eigenvalue weighted by molar-refractivity contribution is 8.00. The fraction of sp³-hybridized carbons (Fsp3) is 0.800. The molecule has 2 amide bonds. The number of aliphatic hydroxyl groups excluding tert-OH is 1. The summed E-state index contributed by atoms with van der Waals surface area (Å²) in [5.74, 6) is -1.14. The van der Waals surface area contributed by atoms with Crippen LogP contribution in [-0.4, -0.2) is 52.4 Å². The van der Waals surface area contributed by atoms with E-state index in [-0.39, 0.29) is 17.8 Å². The van der Waals surface area contributed by atoms with Gasteiger partial charge in [-0.3, -0.25) is 0 Å². The summed E-state index contributed by atoms with van der Waals surface area (Å²) in [6, 6.07) is -1.53. The van der Waals surface area contributed by atoms with Crippen molar-refractivity contribution < 1.29 is 19.8 Å². The zero-order valence-electron chi connectivity index (χ0n) is 9.73. The first-order valence-corrected chi connectivity index (χ1v) is 6.69. The number of carboxylic acid groups (broad SMARTS) is 1. The van der Waals surface area contributed by atoms with Crippen LogP contribution >= 0.6 is 11.8 Å². The Morgan fingerprint density at radius 3 is 2.53 bits per heavy atom. The Kier molecular flexibility index (Phi) is 5.07. The van der Waals surface area contributed by atoms with Gasteiger partial charge in [0.1, 0.15) is 6.04 Å². The highest BCUT2D eigenvalue weighted by Crippen LogP contribution is 2.46. The summed E-state index contributed by atoms with van der Waals surface area (Å²) >= 11 is 1.72. The summed E-state index contributed by atoms with van der Waals surface area (Å²) in [4.78, 5) is 22.2. The van der Waals surface area contributed by atoms with Crippen LogP contribution in [0.3, 0.4) is 0 Å². The molecule has 0 saturated heterocycles. The maximum atomic E-state index is 11.4. The number of aliphatic hydroxyl groups is 1. The minimum atomic E-state index is -1.14. The number of carbonyl (C=O) groups excluding carboxylic acids is 1. The second kappa shape index (κ2) is 6.11. The van der Waals surface area contributed by atoms with Gasteiger partial charge in [-0.1, -0.05) is 0 Å². The Balaban J connectivity index is 2.29. The molecule has 1 aliphatic carbocycles. The molecule has 1 fully saturated rings. The number of carbonyl (C=O) groups is 2. The second-order valence-corrected chi connectivity index (χ2v) is 5.39. The largest absolute Gasteiger partial charge is 0.480 e. The first-order chi connectivity index (χ1) is 8.03. The number of rotatable bonds is 7. The monoisotopic (exact) mass is 262 g/mol. The van der Waals surface area contributed by atoms with Crippen molar-refractivity contribution in [3.05, 3.63) is 0 Å². The molecular formula is C10H18N2O4S. The zero-order valence-corrected chi connectivity index (χ0v) is 10.5. The summed E-state index contributed by atoms with van der Waals surface area (Å²) in [6.07, 6.45) is 4.16. The van der Waals surface area contributed by atoms with Crippen LogP contribution in [0, 0.1) is 0 Å². The van der Waals surface area contributed by atoms with Gasteiger partial charge in [0.2, 0.25) is 0 Å². The number of thioether (sulfide) groups is 1. The van der Waals surface area contributed by atoms with Crippen LogP contribution in [-0.2, 0) is 4.79 Å². The molecule has 0 bridgehead atoms. The maximum Gasteiger partial charge on any atom is 0.326 e. The van der Waals surface area contributed by atoms with Crippen molar-refractivity contribution in [3.8, 4) is 0 Å². The fourth-order valence-electron chi connectivity index (χ4n) is 1.43. The van der Waals surface area contributed by atoms with Gasteiger partial charge < -0.3 is 20.8 Å². The topological polar surface area (TPSA) is 98.7 Å². The van der Waals surface area contributed by atoms with Crippen molar-refractivity contribution >= 4 is 23.8 Å². The SMILES string of the molecule is CSC1(CNC(=O)N[C@H](CCO)C(=O)O)CC1. The average molecular weight is 262 g/mol. The van der Waals surface area contributed by atoms with Gasteiger partial charge in [0.25, 0.3) is 0 Å². The molecule has 1 saturated carbocycles. The van der Waals surface area contributed by atoms with Crippen molar-refractivity contribution in [2.24, 2.45) is 0 Å². The average Bonchev–Trinajstić information content (AvgIpc) is 3.06. The predicted octanol–water partition coefficient (Wildman–Crippen LogP) is 0.0168. The number of amides is 2. The summed E-state index contributed by atoms with van der Waals surface area (Å²) < 4.78 is 0.146. The number of urea groups is 1. The van der Waals surface area contributed by atoms with E-state index in [1.807, 2.05) is 6.26 Å². The van der Waals surface area contributed by atoms with Crippen LogP contribution in [0.15, 0.2) is 0 Å². The summed E-state index contributed by atoms with van der Waals surface area (Å²) in [5, 5.41) is 22.4. The maximum absolute atomic E-state index is 11.4. The Labute approximate surface area is 104 Å². The molecule has 17 heavy (non-hydrogen) atoms. The summed E-state index contributed by atoms with van der Waals surface area (Å²) in [7, 11) is 0. The molecular weight excluding hydrogens is 244 g/mol. The lowest BCUT2D eigenvalue weighted by molar-refractivity contribution is -0.139. The van der Waals surface area contributed by atoms with Gasteiger partial charge in [-0.25, -0.2) is 9.59 Å². The number of carboxylic acids is 1. The highest BCUT2D eigenvalue weighted by atomic mass is 32.2. The van der Waals surface area contributed by atoms with Crippen LogP contribution in [0.4, 0.5) is 4.79 Å². The smallest absolute Gasteiger partial charge is 0.326 e. The first-order valence-electron chi connectivity index (χ1n) is 5.46. The van der Waals surface area contributed by atoms with Gasteiger partial charge in [-0.05, 0) is 19.1 Å². The van der Waals surface area contributed by atoms with E-state index in [2.05, 4.69) is 10.6 Å². The van der Waals surface area contributed by atoms with E-state index in [4.69, 9.17) is 10.2 Å². The lowest BCUT2D eigenvalue weighted by Crippen LogP contribution is -2.48. The van der Waals surface area contributed by atoms with E-state index < -0.39 is 18.0 Å². The third-order valence-electron chi connectivity index (χ3n) is 2.83. The summed E-state index contributed by atoms with van der Waals surface area (Å²) in [5.41, 5.74) is 0. The van der Waals surface area contributed by atoms with E-state index in [1.165, 1.54) is 0 Å². The van der Waals surface area contributed by atoms with Gasteiger partial charge in [0.15, 0.2) is 0 Å². The Hall–Kier alpha value is -0.950. The standard InChI is InChI=1S/C10H18N2O4S/c1-17-10(3-4-10)6-11-9(16)12-7(2-5-13)8(14)15/h7,13H,2-6H2,1H3,(H,14,15)(H2,11,12,16)/t7-/m1/s1. The molecule has 98 valence electrons. The molecule has 1 rings (SSSR count). The molecule has 6 nitrogen and oxygen atoms in total. The molecule has 7 heteroatoms. The minimum absolute atomic E-state index is 0.0103. The third kappa shape index (κ3) is 4.43. The molecule has 0 spiro atoms. The van der Waals surface area contributed by atoms with Crippen molar-refractivity contribution in [2.75, 3.05) is 19.4 Å². The van der Waals surface area contributed by atoms with Crippen LogP contribution in [0.5, 0.6) is 0 Å². The molecule has 0 aromatic carbocycles. The van der Waals surface area contributed by atoms with Gasteiger partial charge in [-0.2, -0.15) is 11.8 Å². The van der Waals surface area contributed by atoms with E-state index in [0.29, 0.717) is 6.54 Å². The Morgan fingerprint density at radius 1 is 1.47 bits per heavy atom. The van der Waals surface area contributed by atoms with Crippen molar-refractivity contribution in [1.82, 2.24) is 10.6 Å². The number of hydrogen-bond acceptors (Lipinski definition) is 4. The molecule has 0 aromatic heterocycles. The molecule has 0 unspecified atom stereocenters. The number of nitrogens with one attached hydrogen (secondary N) is 2. The number of aliphatic carboxylic acids is 1. The predicted molar refractivity (Wildman–Crippen MR) is 65.1 cm³/mol. The second-order valence-electron chi connectivity index (χ2n) is 4.12. The Morgan fingerprint density at radius 2 is 2.12 bits per heavy atom. The molecule has 0 aliphatic heterocycles. The van der Waals surface area contributed by atoms with Crippen molar-refractivity contribution in [3.63, 3.8) is 0 Å². The van der Waals surface area contributed by atoms with E-state index in [9.17, 15) is 9.59 Å². The van der Waals surface area contributed by atoms with E-state index >= 15 is 0 Å². The van der Waals surface area contributed by atoms with E-state index in [1.54, 1.807) is 11.8 Å². The van der Waals surface area contributed by atoms with Gasteiger partial charge in [-0.15, -0.1) is 0 Å². The lowest BCUT2D eigenvalue weighted by Gasteiger charge is -2.16. The highest BCUT2D eigenvalue weighted by Gasteiger charge is 2.42. The molecule has 0 aromatic rings. The quantitative estimate of drug-likeness (QED) is 0.518. The van der Waals surface area contributed by atoms with Gasteiger partial charge in [0, 0.05) is 24.3 Å². The normalized spacial score (nSPS) is 18.2. The van der Waals surface area contributed by atoms with E-state index in [0.717, 1.165) is 12.8 Å². The molecule has 0 heterocycles. The first kappa shape index (κ1) is 14.1. The lowest BCUT2D eigenvalue weighted by atomic mass is 10.2. The van der Waals surface area contributed by atoms with Crippen LogP contribution in [0.25, 0.3) is 0 Å². The Bertz CT molecular complexity index is 294. The fourth-order valence-corrected chi connectivity index (χ4v) is 2.16. The molecule has 1 atom stereocenters. The minimum Gasteiger partial charge on any atom is -0.480 e. The van der Waals surface area contributed by atoms with Crippen LogP contribution < -0.4 is 10.6 Å². The van der Waals surface area contributed by atoms with Gasteiger partial charge in [0.05, 0.1) is 0 Å². The third-order valence-corrected chi connectivity index (χ3v) is 4.25. The molecule has 0 radical (unpaired) electrons. The van der Waals surface area contributed by atoms with Crippen molar-refractivity contribution in [1.29, 1.82) is 0 Å². The van der Waals surface area contributed by atoms with Crippen LogP contribution in [0.2, 0.25) is 0 Å².